The number of nitriles is 2. The van der Waals surface area contributed by atoms with Crippen molar-refractivity contribution < 1.29 is 14.0 Å². The molecule has 0 unspecified atom stereocenters. The highest BCUT2D eigenvalue weighted by Crippen LogP contribution is 2.37. The molecular weight excluding hydrogens is 381 g/mol. The molecule has 0 saturated heterocycles. The van der Waals surface area contributed by atoms with Crippen LogP contribution in [0.25, 0.3) is 10.8 Å². The molecule has 0 spiro atoms. The lowest BCUT2D eigenvalue weighted by Crippen LogP contribution is -2.36. The number of Topliss-reactive ketones (excluding diaryl/α,β-unsaturated/α-hetero) is 1. The molecule has 5 nitrogen and oxygen atoms in total. The van der Waals surface area contributed by atoms with Crippen LogP contribution in [-0.2, 0) is 9.59 Å². The van der Waals surface area contributed by atoms with Crippen LogP contribution in [0.4, 0.5) is 10.1 Å². The molecule has 0 fully saturated rings. The van der Waals surface area contributed by atoms with E-state index in [0.29, 0.717) is 11.3 Å². The van der Waals surface area contributed by atoms with E-state index in [0.717, 1.165) is 10.8 Å². The van der Waals surface area contributed by atoms with Crippen LogP contribution in [0.1, 0.15) is 18.4 Å². The maximum Gasteiger partial charge on any atom is 0.235 e. The van der Waals surface area contributed by atoms with Crippen molar-refractivity contribution in [1.29, 1.82) is 10.5 Å². The van der Waals surface area contributed by atoms with Crippen molar-refractivity contribution in [3.63, 3.8) is 0 Å². The Hall–Kier alpha value is -4.03. The summed E-state index contributed by atoms with van der Waals surface area (Å²) in [6, 6.07) is 21.8. The van der Waals surface area contributed by atoms with Crippen molar-refractivity contribution in [2.24, 2.45) is 11.8 Å². The van der Waals surface area contributed by atoms with Gasteiger partial charge in [0.1, 0.15) is 23.4 Å². The fourth-order valence-electron chi connectivity index (χ4n) is 3.64. The van der Waals surface area contributed by atoms with Crippen LogP contribution < -0.4 is 5.32 Å². The normalized spacial score (nSPS) is 12.6. The average molecular weight is 399 g/mol. The zero-order valence-electron chi connectivity index (χ0n) is 16.2. The number of anilines is 1. The largest absolute Gasteiger partial charge is 0.325 e. The Kier molecular flexibility index (Phi) is 6.20. The second-order valence-corrected chi connectivity index (χ2v) is 6.91. The molecule has 0 bridgehead atoms. The molecule has 0 heterocycles. The number of ketones is 1. The molecule has 6 heteroatoms. The van der Waals surface area contributed by atoms with Gasteiger partial charge in [-0.25, -0.2) is 4.39 Å². The number of halogens is 1. The van der Waals surface area contributed by atoms with Crippen molar-refractivity contribution in [1.82, 2.24) is 0 Å². The molecule has 30 heavy (non-hydrogen) atoms. The smallest absolute Gasteiger partial charge is 0.235 e. The van der Waals surface area contributed by atoms with Crippen molar-refractivity contribution in [3.05, 3.63) is 78.1 Å². The summed E-state index contributed by atoms with van der Waals surface area (Å²) >= 11 is 0. The molecule has 0 radical (unpaired) electrons. The Morgan fingerprint density at radius 1 is 0.933 bits per heavy atom. The number of hydrogen-bond donors (Lipinski definition) is 1. The van der Waals surface area contributed by atoms with Gasteiger partial charge < -0.3 is 5.32 Å². The van der Waals surface area contributed by atoms with Crippen LogP contribution in [-0.4, -0.2) is 11.7 Å². The molecule has 2 atom stereocenters. The first kappa shape index (κ1) is 20.7. The van der Waals surface area contributed by atoms with Gasteiger partial charge in [-0.2, -0.15) is 10.5 Å². The highest BCUT2D eigenvalue weighted by atomic mass is 19.1. The first-order chi connectivity index (χ1) is 14.5. The van der Waals surface area contributed by atoms with E-state index in [1.165, 1.54) is 31.2 Å². The molecule has 3 aromatic rings. The van der Waals surface area contributed by atoms with Gasteiger partial charge in [0, 0.05) is 11.6 Å². The molecule has 3 aromatic carbocycles. The minimum Gasteiger partial charge on any atom is -0.325 e. The number of amides is 1. The number of rotatable bonds is 6. The van der Waals surface area contributed by atoms with Gasteiger partial charge in [0.05, 0.1) is 12.1 Å². The number of nitrogens with zero attached hydrogens (tertiary/aromatic N) is 2. The van der Waals surface area contributed by atoms with E-state index >= 15 is 0 Å². The molecule has 1 amide bonds. The number of nitrogens with one attached hydrogen (secondary N) is 1. The summed E-state index contributed by atoms with van der Waals surface area (Å²) in [7, 11) is 0. The van der Waals surface area contributed by atoms with Gasteiger partial charge in [0.2, 0.25) is 5.91 Å². The van der Waals surface area contributed by atoms with E-state index in [9.17, 15) is 24.5 Å². The van der Waals surface area contributed by atoms with Gasteiger partial charge in [-0.05, 0) is 47.5 Å². The quantitative estimate of drug-likeness (QED) is 0.615. The van der Waals surface area contributed by atoms with Crippen LogP contribution in [0.2, 0.25) is 0 Å². The van der Waals surface area contributed by atoms with Crippen molar-refractivity contribution in [3.8, 4) is 12.1 Å². The Bertz CT molecular complexity index is 1160. The zero-order chi connectivity index (χ0) is 21.7. The number of carbonyl (C=O) groups is 2. The molecule has 0 aliphatic carbocycles. The minimum absolute atomic E-state index is 0.315. The second-order valence-electron chi connectivity index (χ2n) is 6.91. The lowest BCUT2D eigenvalue weighted by molar-refractivity contribution is -0.131. The van der Waals surface area contributed by atoms with E-state index in [4.69, 9.17) is 0 Å². The Morgan fingerprint density at radius 2 is 1.57 bits per heavy atom. The Labute approximate surface area is 173 Å². The summed E-state index contributed by atoms with van der Waals surface area (Å²) in [5.41, 5.74) is 0.894. The average Bonchev–Trinajstić information content (AvgIpc) is 2.75. The molecular formula is C24H18FN3O2. The molecule has 148 valence electrons. The van der Waals surface area contributed by atoms with Crippen LogP contribution in [0, 0.1) is 40.3 Å². The predicted octanol–water partition coefficient (Wildman–Crippen LogP) is 4.57. The topological polar surface area (TPSA) is 93.8 Å². The molecule has 0 aromatic heterocycles. The zero-order valence-corrected chi connectivity index (χ0v) is 16.2. The number of hydrogen-bond acceptors (Lipinski definition) is 4. The van der Waals surface area contributed by atoms with Crippen LogP contribution in [0.5, 0.6) is 0 Å². The van der Waals surface area contributed by atoms with Gasteiger partial charge in [0.15, 0.2) is 0 Å². The summed E-state index contributed by atoms with van der Waals surface area (Å²) in [5, 5.41) is 23.5. The molecule has 3 rings (SSSR count). The number of fused-ring (bicyclic) bond motifs is 1. The van der Waals surface area contributed by atoms with E-state index in [1.807, 2.05) is 42.5 Å². The van der Waals surface area contributed by atoms with E-state index in [-0.39, 0.29) is 0 Å². The van der Waals surface area contributed by atoms with Crippen molar-refractivity contribution >= 4 is 28.2 Å². The van der Waals surface area contributed by atoms with Gasteiger partial charge in [-0.1, -0.05) is 42.5 Å². The molecule has 0 aliphatic rings. The highest BCUT2D eigenvalue weighted by Gasteiger charge is 2.40. The monoisotopic (exact) mass is 399 g/mol. The van der Waals surface area contributed by atoms with Crippen LogP contribution in [0.15, 0.2) is 66.7 Å². The van der Waals surface area contributed by atoms with Gasteiger partial charge in [-0.15, -0.1) is 0 Å². The first-order valence-electron chi connectivity index (χ1n) is 9.30. The van der Waals surface area contributed by atoms with Gasteiger partial charge in [-0.3, -0.25) is 9.59 Å². The van der Waals surface area contributed by atoms with Crippen molar-refractivity contribution in [2.75, 3.05) is 5.32 Å². The third kappa shape index (κ3) is 4.19. The third-order valence-electron chi connectivity index (χ3n) is 5.01. The standard InChI is InChI=1S/C24H18FN3O2/c1-15(29)22(24(30)28-19-11-9-18(25)10-12-19)23(17(13-26)14-27)21-8-4-6-16-5-2-3-7-20(16)21/h2-12,17,22-23H,1H3,(H,28,30)/t22-,23+/m1/s1. The summed E-state index contributed by atoms with van der Waals surface area (Å²) in [6.07, 6.45) is 0. The molecule has 0 saturated carbocycles. The SMILES string of the molecule is CC(=O)[C@@H](C(=O)Nc1ccc(F)cc1)[C@H](c1cccc2ccccc12)C(C#N)C#N. The summed E-state index contributed by atoms with van der Waals surface area (Å²) < 4.78 is 13.2. The minimum atomic E-state index is -1.27. The van der Waals surface area contributed by atoms with Gasteiger partial charge >= 0.3 is 0 Å². The van der Waals surface area contributed by atoms with Crippen LogP contribution in [0.3, 0.4) is 0 Å². The van der Waals surface area contributed by atoms with E-state index in [1.54, 1.807) is 12.1 Å². The first-order valence-corrected chi connectivity index (χ1v) is 9.30. The summed E-state index contributed by atoms with van der Waals surface area (Å²) in [4.78, 5) is 25.7. The van der Waals surface area contributed by atoms with Crippen molar-refractivity contribution in [2.45, 2.75) is 12.8 Å². The number of benzene rings is 3. The fraction of sp³-hybridized carbons (Fsp3) is 0.167. The van der Waals surface area contributed by atoms with Gasteiger partial charge in [0.25, 0.3) is 0 Å². The highest BCUT2D eigenvalue weighted by molar-refractivity contribution is 6.08. The van der Waals surface area contributed by atoms with Crippen LogP contribution >= 0.6 is 0 Å². The summed E-state index contributed by atoms with van der Waals surface area (Å²) in [5.74, 6) is -5.04. The Balaban J connectivity index is 2.11. The fourth-order valence-corrected chi connectivity index (χ4v) is 3.64. The van der Waals surface area contributed by atoms with E-state index < -0.39 is 35.3 Å². The van der Waals surface area contributed by atoms with E-state index in [2.05, 4.69) is 5.32 Å². The predicted molar refractivity (Wildman–Crippen MR) is 111 cm³/mol. The second kappa shape index (κ2) is 8.98. The summed E-state index contributed by atoms with van der Waals surface area (Å²) in [6.45, 7) is 1.26. The Morgan fingerprint density at radius 3 is 2.20 bits per heavy atom. The number of carbonyl (C=O) groups excluding carboxylic acids is 2. The third-order valence-corrected chi connectivity index (χ3v) is 5.01. The lowest BCUT2D eigenvalue weighted by Gasteiger charge is -2.26. The molecule has 0 aliphatic heterocycles. The lowest BCUT2D eigenvalue weighted by atomic mass is 9.74. The molecule has 1 N–H and O–H groups in total. The maximum atomic E-state index is 13.2. The maximum absolute atomic E-state index is 13.2.